The molecule has 2 heterocycles. The van der Waals surface area contributed by atoms with Gasteiger partial charge in [-0.15, -0.1) is 0 Å². The minimum Gasteiger partial charge on any atom is -0.481 e. The predicted octanol–water partition coefficient (Wildman–Crippen LogP) is 2.25. The second kappa shape index (κ2) is 6.63. The van der Waals surface area contributed by atoms with Gasteiger partial charge in [-0.2, -0.15) is 0 Å². The molecule has 0 unspecified atom stereocenters. The summed E-state index contributed by atoms with van der Waals surface area (Å²) in [7, 11) is 0. The molecule has 0 aromatic rings. The van der Waals surface area contributed by atoms with E-state index in [1.54, 1.807) is 0 Å². The second-order valence-electron chi connectivity index (χ2n) is 6.75. The number of nitrogens with zero attached hydrogens (tertiary/aromatic N) is 1. The van der Waals surface area contributed by atoms with Crippen molar-refractivity contribution >= 4 is 5.97 Å². The molecule has 3 fully saturated rings. The highest BCUT2D eigenvalue weighted by molar-refractivity contribution is 5.66. The molecule has 21 heavy (non-hydrogen) atoms. The summed E-state index contributed by atoms with van der Waals surface area (Å²) >= 11 is 0. The molecule has 5 nitrogen and oxygen atoms in total. The molecular weight excluding hydrogens is 270 g/mol. The predicted molar refractivity (Wildman–Crippen MR) is 78.1 cm³/mol. The van der Waals surface area contributed by atoms with E-state index in [0.29, 0.717) is 18.4 Å². The Morgan fingerprint density at radius 3 is 2.29 bits per heavy atom. The lowest BCUT2D eigenvalue weighted by Crippen LogP contribution is -2.47. The molecule has 3 rings (SSSR count). The number of carbonyl (C=O) groups is 1. The highest BCUT2D eigenvalue weighted by Crippen LogP contribution is 2.38. The van der Waals surface area contributed by atoms with E-state index < -0.39 is 5.97 Å². The Hall–Kier alpha value is -0.650. The van der Waals surface area contributed by atoms with E-state index in [-0.39, 0.29) is 5.79 Å². The van der Waals surface area contributed by atoms with Gasteiger partial charge in [0.2, 0.25) is 0 Å². The van der Waals surface area contributed by atoms with Crippen LogP contribution in [0.25, 0.3) is 0 Å². The zero-order chi connectivity index (χ0) is 14.7. The molecule has 0 amide bonds. The van der Waals surface area contributed by atoms with Gasteiger partial charge in [-0.25, -0.2) is 0 Å². The first-order valence-corrected chi connectivity index (χ1v) is 8.41. The van der Waals surface area contributed by atoms with Crippen molar-refractivity contribution in [2.24, 2.45) is 5.92 Å². The molecular formula is C16H27NO4. The lowest BCUT2D eigenvalue weighted by molar-refractivity contribution is -0.184. The largest absolute Gasteiger partial charge is 0.481 e. The Morgan fingerprint density at radius 2 is 1.71 bits per heavy atom. The van der Waals surface area contributed by atoms with Crippen molar-refractivity contribution in [3.63, 3.8) is 0 Å². The number of aliphatic carboxylic acids is 1. The average molecular weight is 297 g/mol. The van der Waals surface area contributed by atoms with Gasteiger partial charge < -0.3 is 19.5 Å². The third-order valence-electron chi connectivity index (χ3n) is 5.46. The molecule has 2 saturated heterocycles. The molecule has 0 bridgehead atoms. The third kappa shape index (κ3) is 3.76. The molecule has 3 aliphatic rings. The molecule has 5 heteroatoms. The number of rotatable bonds is 4. The van der Waals surface area contributed by atoms with E-state index in [1.807, 2.05) is 0 Å². The van der Waals surface area contributed by atoms with Crippen LogP contribution in [0.5, 0.6) is 0 Å². The summed E-state index contributed by atoms with van der Waals surface area (Å²) < 4.78 is 11.6. The van der Waals surface area contributed by atoms with Crippen LogP contribution in [0.3, 0.4) is 0 Å². The van der Waals surface area contributed by atoms with E-state index in [0.717, 1.165) is 58.4 Å². The summed E-state index contributed by atoms with van der Waals surface area (Å²) in [4.78, 5) is 13.3. The Balaban J connectivity index is 1.40. The number of carboxylic acid groups (broad SMARTS) is 1. The van der Waals surface area contributed by atoms with Crippen molar-refractivity contribution in [3.8, 4) is 0 Å². The SMILES string of the molecule is O=C(O)CCC1CCN(C2CCC3(CC2)OCCO3)CC1. The first-order valence-electron chi connectivity index (χ1n) is 8.41. The molecule has 1 saturated carbocycles. The fraction of sp³-hybridized carbons (Fsp3) is 0.938. The van der Waals surface area contributed by atoms with E-state index in [4.69, 9.17) is 14.6 Å². The number of carboxylic acids is 1. The molecule has 0 atom stereocenters. The number of hydrogen-bond acceptors (Lipinski definition) is 4. The van der Waals surface area contributed by atoms with Crippen LogP contribution in [-0.2, 0) is 14.3 Å². The standard InChI is InChI=1S/C16H27NO4/c18-15(19)2-1-13-5-9-17(10-6-13)14-3-7-16(8-4-14)20-11-12-21-16/h13-14H,1-12H2,(H,18,19). The van der Waals surface area contributed by atoms with Gasteiger partial charge in [0.1, 0.15) is 0 Å². The monoisotopic (exact) mass is 297 g/mol. The average Bonchev–Trinajstić information content (AvgIpc) is 2.95. The Morgan fingerprint density at radius 1 is 1.10 bits per heavy atom. The van der Waals surface area contributed by atoms with Crippen LogP contribution in [0.2, 0.25) is 0 Å². The summed E-state index contributed by atoms with van der Waals surface area (Å²) in [5, 5.41) is 8.77. The Labute approximate surface area is 126 Å². The normalized spacial score (nSPS) is 28.2. The first kappa shape index (κ1) is 15.3. The molecule has 0 radical (unpaired) electrons. The summed E-state index contributed by atoms with van der Waals surface area (Å²) in [6.07, 6.45) is 7.86. The number of hydrogen-bond donors (Lipinski definition) is 1. The molecule has 0 aromatic heterocycles. The molecule has 2 aliphatic heterocycles. The maximum atomic E-state index is 10.6. The third-order valence-corrected chi connectivity index (χ3v) is 5.46. The van der Waals surface area contributed by atoms with E-state index >= 15 is 0 Å². The number of ether oxygens (including phenoxy) is 2. The van der Waals surface area contributed by atoms with Gasteiger partial charge in [0.05, 0.1) is 13.2 Å². The van der Waals surface area contributed by atoms with Crippen molar-refractivity contribution in [3.05, 3.63) is 0 Å². The fourth-order valence-corrected chi connectivity index (χ4v) is 4.13. The minimum atomic E-state index is -0.661. The summed E-state index contributed by atoms with van der Waals surface area (Å²) in [6, 6.07) is 0.670. The number of piperidine rings is 1. The van der Waals surface area contributed by atoms with Crippen LogP contribution in [-0.4, -0.2) is 54.1 Å². The summed E-state index contributed by atoms with van der Waals surface area (Å²) in [5.74, 6) is -0.309. The van der Waals surface area contributed by atoms with Gasteiger partial charge >= 0.3 is 5.97 Å². The molecule has 1 spiro atoms. The van der Waals surface area contributed by atoms with E-state index in [1.165, 1.54) is 12.8 Å². The quantitative estimate of drug-likeness (QED) is 0.862. The van der Waals surface area contributed by atoms with Gasteiger partial charge in [-0.05, 0) is 51.1 Å². The molecule has 0 aromatic carbocycles. The zero-order valence-corrected chi connectivity index (χ0v) is 12.8. The van der Waals surface area contributed by atoms with Gasteiger partial charge in [0, 0.05) is 25.3 Å². The fourth-order valence-electron chi connectivity index (χ4n) is 4.13. The van der Waals surface area contributed by atoms with Crippen LogP contribution in [0.1, 0.15) is 51.4 Å². The maximum Gasteiger partial charge on any atom is 0.303 e. The Bertz CT molecular complexity index is 349. The second-order valence-corrected chi connectivity index (χ2v) is 6.75. The number of likely N-dealkylation sites (tertiary alicyclic amines) is 1. The van der Waals surface area contributed by atoms with Crippen molar-refractivity contribution < 1.29 is 19.4 Å². The van der Waals surface area contributed by atoms with Gasteiger partial charge in [0.15, 0.2) is 5.79 Å². The van der Waals surface area contributed by atoms with Crippen LogP contribution >= 0.6 is 0 Å². The smallest absolute Gasteiger partial charge is 0.303 e. The minimum absolute atomic E-state index is 0.254. The van der Waals surface area contributed by atoms with Gasteiger partial charge in [-0.3, -0.25) is 4.79 Å². The highest BCUT2D eigenvalue weighted by atomic mass is 16.7. The highest BCUT2D eigenvalue weighted by Gasteiger charge is 2.41. The maximum absolute atomic E-state index is 10.6. The van der Waals surface area contributed by atoms with Crippen LogP contribution in [0, 0.1) is 5.92 Å². The van der Waals surface area contributed by atoms with Gasteiger partial charge in [0.25, 0.3) is 0 Å². The summed E-state index contributed by atoms with van der Waals surface area (Å²) in [6.45, 7) is 3.76. The van der Waals surface area contributed by atoms with Gasteiger partial charge in [-0.1, -0.05) is 0 Å². The molecule has 1 N–H and O–H groups in total. The molecule has 1 aliphatic carbocycles. The van der Waals surface area contributed by atoms with Crippen LogP contribution in [0.4, 0.5) is 0 Å². The van der Waals surface area contributed by atoms with Crippen molar-refractivity contribution in [1.82, 2.24) is 4.90 Å². The van der Waals surface area contributed by atoms with E-state index in [9.17, 15) is 4.79 Å². The lowest BCUT2D eigenvalue weighted by Gasteiger charge is -2.43. The summed E-state index contributed by atoms with van der Waals surface area (Å²) in [5.41, 5.74) is 0. The zero-order valence-electron chi connectivity index (χ0n) is 12.8. The van der Waals surface area contributed by atoms with E-state index in [2.05, 4.69) is 4.90 Å². The molecule has 120 valence electrons. The van der Waals surface area contributed by atoms with Crippen LogP contribution < -0.4 is 0 Å². The van der Waals surface area contributed by atoms with Crippen LogP contribution in [0.15, 0.2) is 0 Å². The first-order chi connectivity index (χ1) is 10.2. The Kier molecular flexibility index (Phi) is 4.82. The topological polar surface area (TPSA) is 59.0 Å². The lowest BCUT2D eigenvalue weighted by atomic mass is 9.86. The van der Waals surface area contributed by atoms with Crippen molar-refractivity contribution in [2.45, 2.75) is 63.2 Å². The van der Waals surface area contributed by atoms with Crippen molar-refractivity contribution in [1.29, 1.82) is 0 Å². The van der Waals surface area contributed by atoms with Crippen molar-refractivity contribution in [2.75, 3.05) is 26.3 Å².